The van der Waals surface area contributed by atoms with Gasteiger partial charge in [-0.25, -0.2) is 0 Å². The van der Waals surface area contributed by atoms with Crippen molar-refractivity contribution < 1.29 is 22.6 Å². The van der Waals surface area contributed by atoms with Gasteiger partial charge < -0.3 is 9.47 Å². The molecule has 3 rings (SSSR count). The molecule has 0 radical (unpaired) electrons. The Labute approximate surface area is 163 Å². The molecule has 6 heteroatoms. The van der Waals surface area contributed by atoms with Gasteiger partial charge in [-0.3, -0.25) is 0 Å². The van der Waals surface area contributed by atoms with E-state index in [2.05, 4.69) is 15.9 Å². The summed E-state index contributed by atoms with van der Waals surface area (Å²) in [5.74, 6) is 1.56. The second kappa shape index (κ2) is 7.64. The van der Waals surface area contributed by atoms with E-state index in [0.717, 1.165) is 0 Å². The third kappa shape index (κ3) is 3.95. The van der Waals surface area contributed by atoms with Crippen LogP contribution in [0.1, 0.15) is 11.1 Å². The monoisotopic (exact) mass is 436 g/mol. The van der Waals surface area contributed by atoms with E-state index in [-0.39, 0.29) is 11.1 Å². The minimum Gasteiger partial charge on any atom is -0.497 e. The lowest BCUT2D eigenvalue weighted by molar-refractivity contribution is -0.149. The molecule has 27 heavy (non-hydrogen) atoms. The van der Waals surface area contributed by atoms with Crippen molar-refractivity contribution in [2.24, 2.45) is 0 Å². The minimum absolute atomic E-state index is 0.0561. The molecule has 0 N–H and O–H groups in total. The zero-order valence-electron chi connectivity index (χ0n) is 14.3. The Hall–Kier alpha value is -2.47. The molecule has 0 heterocycles. The van der Waals surface area contributed by atoms with E-state index in [1.54, 1.807) is 12.1 Å². The fourth-order valence-electron chi connectivity index (χ4n) is 2.69. The molecule has 0 aliphatic rings. The van der Waals surface area contributed by atoms with Gasteiger partial charge in [-0.1, -0.05) is 58.4 Å². The van der Waals surface area contributed by atoms with Crippen molar-refractivity contribution in [2.45, 2.75) is 10.5 Å². The Morgan fingerprint density at radius 3 is 1.56 bits per heavy atom. The van der Waals surface area contributed by atoms with Crippen LogP contribution in [-0.2, 0) is 4.32 Å². The van der Waals surface area contributed by atoms with Gasteiger partial charge in [-0.05, 0) is 47.5 Å². The van der Waals surface area contributed by atoms with Crippen LogP contribution in [0.4, 0.5) is 13.2 Å². The second-order valence-corrected chi connectivity index (χ2v) is 7.01. The van der Waals surface area contributed by atoms with Gasteiger partial charge in [-0.2, -0.15) is 13.2 Å². The van der Waals surface area contributed by atoms with Crippen molar-refractivity contribution in [3.8, 4) is 17.2 Å². The van der Waals surface area contributed by atoms with Gasteiger partial charge in [-0.15, -0.1) is 0 Å². The second-order valence-electron chi connectivity index (χ2n) is 5.82. The number of halogens is 4. The van der Waals surface area contributed by atoms with Crippen molar-refractivity contribution in [3.05, 3.63) is 90.0 Å². The highest BCUT2D eigenvalue weighted by Gasteiger charge is 2.55. The van der Waals surface area contributed by atoms with Crippen LogP contribution in [-0.4, -0.2) is 13.3 Å². The highest BCUT2D eigenvalue weighted by atomic mass is 79.9. The SMILES string of the molecule is COc1ccc(C(Br)(c2ccc(Oc3ccccc3)cc2)C(F)(F)F)cc1. The van der Waals surface area contributed by atoms with Gasteiger partial charge in [0.1, 0.15) is 17.2 Å². The summed E-state index contributed by atoms with van der Waals surface area (Å²) >= 11 is 2.95. The average molecular weight is 437 g/mol. The molecule has 1 atom stereocenters. The molecule has 0 fully saturated rings. The molecular formula is C21H16BrF3O2. The topological polar surface area (TPSA) is 18.5 Å². The lowest BCUT2D eigenvalue weighted by Crippen LogP contribution is -2.37. The van der Waals surface area contributed by atoms with Gasteiger partial charge in [0.2, 0.25) is 0 Å². The highest BCUT2D eigenvalue weighted by Crippen LogP contribution is 2.51. The third-order valence-corrected chi connectivity index (χ3v) is 5.47. The molecule has 1 unspecified atom stereocenters. The normalized spacial score (nSPS) is 13.7. The Kier molecular flexibility index (Phi) is 5.46. The van der Waals surface area contributed by atoms with E-state index in [4.69, 9.17) is 9.47 Å². The molecule has 3 aromatic carbocycles. The molecule has 0 saturated carbocycles. The van der Waals surface area contributed by atoms with E-state index in [1.165, 1.54) is 55.6 Å². The largest absolute Gasteiger partial charge is 0.497 e. The first-order valence-electron chi connectivity index (χ1n) is 8.08. The molecule has 0 amide bonds. The van der Waals surface area contributed by atoms with Crippen LogP contribution in [0, 0.1) is 0 Å². The maximum atomic E-state index is 14.0. The van der Waals surface area contributed by atoms with E-state index >= 15 is 0 Å². The number of hydrogen-bond acceptors (Lipinski definition) is 2. The highest BCUT2D eigenvalue weighted by molar-refractivity contribution is 9.09. The standard InChI is InChI=1S/C21H16BrF3O2/c1-26-17-11-7-15(8-12-17)20(22,21(23,24)25)16-9-13-19(14-10-16)27-18-5-3-2-4-6-18/h2-14H,1H3. The van der Waals surface area contributed by atoms with Gasteiger partial charge >= 0.3 is 6.18 Å². The molecule has 0 aliphatic carbocycles. The molecule has 0 aromatic heterocycles. The molecule has 0 saturated heterocycles. The van der Waals surface area contributed by atoms with Gasteiger partial charge in [0, 0.05) is 0 Å². The van der Waals surface area contributed by atoms with E-state index in [1.807, 2.05) is 18.2 Å². The zero-order chi connectivity index (χ0) is 19.5. The van der Waals surface area contributed by atoms with Crippen molar-refractivity contribution in [2.75, 3.05) is 7.11 Å². The van der Waals surface area contributed by atoms with Crippen LogP contribution in [0.2, 0.25) is 0 Å². The third-order valence-electron chi connectivity index (χ3n) is 4.11. The van der Waals surface area contributed by atoms with Crippen LogP contribution in [0.5, 0.6) is 17.2 Å². The number of ether oxygens (including phenoxy) is 2. The summed E-state index contributed by atoms with van der Waals surface area (Å²) in [5.41, 5.74) is 0.119. The number of methoxy groups -OCH3 is 1. The quantitative estimate of drug-likeness (QED) is 0.414. The van der Waals surface area contributed by atoms with Crippen LogP contribution in [0.25, 0.3) is 0 Å². The molecule has 2 nitrogen and oxygen atoms in total. The Bertz CT molecular complexity index is 878. The predicted molar refractivity (Wildman–Crippen MR) is 102 cm³/mol. The average Bonchev–Trinajstić information content (AvgIpc) is 2.68. The van der Waals surface area contributed by atoms with Crippen molar-refractivity contribution in [1.29, 1.82) is 0 Å². The summed E-state index contributed by atoms with van der Waals surface area (Å²) in [6, 6.07) is 20.7. The van der Waals surface area contributed by atoms with Crippen LogP contribution in [0.15, 0.2) is 78.9 Å². The number of alkyl halides is 4. The van der Waals surface area contributed by atoms with Crippen molar-refractivity contribution in [1.82, 2.24) is 0 Å². The Morgan fingerprint density at radius 2 is 1.11 bits per heavy atom. The molecule has 140 valence electrons. The molecule has 0 aliphatic heterocycles. The Balaban J connectivity index is 1.95. The summed E-state index contributed by atoms with van der Waals surface area (Å²) in [4.78, 5) is 0. The summed E-state index contributed by atoms with van der Waals surface area (Å²) in [5, 5.41) is 0. The van der Waals surface area contributed by atoms with Gasteiger partial charge in [0.25, 0.3) is 0 Å². The maximum absolute atomic E-state index is 14.0. The summed E-state index contributed by atoms with van der Waals surface area (Å²) in [6.07, 6.45) is -4.55. The number of rotatable bonds is 5. The maximum Gasteiger partial charge on any atom is 0.411 e. The lowest BCUT2D eigenvalue weighted by Gasteiger charge is -2.31. The smallest absolute Gasteiger partial charge is 0.411 e. The first kappa shape index (κ1) is 19.3. The molecule has 0 bridgehead atoms. The predicted octanol–water partition coefficient (Wildman–Crippen LogP) is 6.69. The first-order valence-corrected chi connectivity index (χ1v) is 8.87. The van der Waals surface area contributed by atoms with E-state index in [9.17, 15) is 13.2 Å². The minimum atomic E-state index is -4.55. The van der Waals surface area contributed by atoms with Gasteiger partial charge in [0.05, 0.1) is 7.11 Å². The van der Waals surface area contributed by atoms with Crippen LogP contribution < -0.4 is 9.47 Å². The summed E-state index contributed by atoms with van der Waals surface area (Å²) < 4.78 is 50.3. The van der Waals surface area contributed by atoms with Crippen LogP contribution in [0.3, 0.4) is 0 Å². The fraction of sp³-hybridized carbons (Fsp3) is 0.143. The fourth-order valence-corrected chi connectivity index (χ4v) is 3.22. The Morgan fingerprint density at radius 1 is 0.667 bits per heavy atom. The summed E-state index contributed by atoms with van der Waals surface area (Å²) in [6.45, 7) is 0. The van der Waals surface area contributed by atoms with Crippen molar-refractivity contribution >= 4 is 15.9 Å². The van der Waals surface area contributed by atoms with E-state index < -0.39 is 10.5 Å². The number of para-hydroxylation sites is 1. The zero-order valence-corrected chi connectivity index (χ0v) is 15.9. The number of hydrogen-bond donors (Lipinski definition) is 0. The number of benzene rings is 3. The van der Waals surface area contributed by atoms with Crippen LogP contribution >= 0.6 is 15.9 Å². The van der Waals surface area contributed by atoms with E-state index in [0.29, 0.717) is 17.2 Å². The lowest BCUT2D eigenvalue weighted by atomic mass is 9.90. The van der Waals surface area contributed by atoms with Crippen molar-refractivity contribution in [3.63, 3.8) is 0 Å². The molecule has 3 aromatic rings. The molecular weight excluding hydrogens is 421 g/mol. The first-order chi connectivity index (χ1) is 12.8. The summed E-state index contributed by atoms with van der Waals surface area (Å²) in [7, 11) is 1.46. The molecule has 0 spiro atoms. The van der Waals surface area contributed by atoms with Gasteiger partial charge in [0.15, 0.2) is 4.32 Å².